The minimum Gasteiger partial charge on any atom is -0.399 e. The molecule has 0 unspecified atom stereocenters. The maximum absolute atomic E-state index is 12.6. The lowest BCUT2D eigenvalue weighted by Gasteiger charge is -2.34. The molecule has 0 aliphatic carbocycles. The van der Waals surface area contributed by atoms with Crippen LogP contribution < -0.4 is 5.73 Å². The highest BCUT2D eigenvalue weighted by molar-refractivity contribution is 7.89. The maximum Gasteiger partial charge on any atom is 0.401 e. The van der Waals surface area contributed by atoms with E-state index >= 15 is 0 Å². The van der Waals surface area contributed by atoms with Gasteiger partial charge in [-0.25, -0.2) is 8.42 Å². The summed E-state index contributed by atoms with van der Waals surface area (Å²) in [5.41, 5.74) is 6.52. The summed E-state index contributed by atoms with van der Waals surface area (Å²) in [6, 6.07) is 4.60. The molecule has 0 bridgehead atoms. The number of aryl methyl sites for hydroxylation is 1. The van der Waals surface area contributed by atoms with Gasteiger partial charge in [-0.1, -0.05) is 6.07 Å². The van der Waals surface area contributed by atoms with Gasteiger partial charge < -0.3 is 5.73 Å². The Kier molecular flexibility index (Phi) is 4.69. The first kappa shape index (κ1) is 17.0. The average Bonchev–Trinajstić information content (AvgIpc) is 2.40. The molecule has 9 heteroatoms. The number of hydrogen-bond acceptors (Lipinski definition) is 4. The molecule has 22 heavy (non-hydrogen) atoms. The lowest BCUT2D eigenvalue weighted by atomic mass is 10.2. The summed E-state index contributed by atoms with van der Waals surface area (Å²) in [5, 5.41) is 0. The summed E-state index contributed by atoms with van der Waals surface area (Å²) in [6.45, 7) is 0.823. The largest absolute Gasteiger partial charge is 0.401 e. The molecule has 2 N–H and O–H groups in total. The smallest absolute Gasteiger partial charge is 0.399 e. The summed E-state index contributed by atoms with van der Waals surface area (Å²) >= 11 is 0. The predicted octanol–water partition coefficient (Wildman–Crippen LogP) is 1.45. The van der Waals surface area contributed by atoms with Gasteiger partial charge in [0.25, 0.3) is 0 Å². The number of nitrogen functional groups attached to an aromatic ring is 1. The summed E-state index contributed by atoms with van der Waals surface area (Å²) < 4.78 is 63.4. The number of piperazine rings is 1. The van der Waals surface area contributed by atoms with Gasteiger partial charge in [0.15, 0.2) is 0 Å². The molecule has 0 radical (unpaired) electrons. The van der Waals surface area contributed by atoms with Crippen LogP contribution in [-0.4, -0.2) is 56.5 Å². The van der Waals surface area contributed by atoms with Gasteiger partial charge in [-0.2, -0.15) is 17.5 Å². The molecular weight excluding hydrogens is 319 g/mol. The zero-order valence-electron chi connectivity index (χ0n) is 12.1. The summed E-state index contributed by atoms with van der Waals surface area (Å²) in [5.74, 6) is 0. The van der Waals surface area contributed by atoms with Gasteiger partial charge in [0.2, 0.25) is 10.0 Å². The molecule has 1 fully saturated rings. The average molecular weight is 337 g/mol. The number of alkyl halides is 3. The third kappa shape index (κ3) is 3.90. The van der Waals surface area contributed by atoms with E-state index in [1.165, 1.54) is 15.3 Å². The van der Waals surface area contributed by atoms with E-state index in [0.29, 0.717) is 11.3 Å². The van der Waals surface area contributed by atoms with Crippen molar-refractivity contribution in [1.29, 1.82) is 0 Å². The van der Waals surface area contributed by atoms with Gasteiger partial charge in [-0.15, -0.1) is 0 Å². The highest BCUT2D eigenvalue weighted by Crippen LogP contribution is 2.24. The van der Waals surface area contributed by atoms with Gasteiger partial charge >= 0.3 is 6.18 Å². The molecule has 124 valence electrons. The Hall–Kier alpha value is -1.32. The molecule has 0 atom stereocenters. The van der Waals surface area contributed by atoms with E-state index in [2.05, 4.69) is 0 Å². The van der Waals surface area contributed by atoms with Crippen LogP contribution in [0.25, 0.3) is 0 Å². The Labute approximate surface area is 127 Å². The third-order valence-corrected chi connectivity index (χ3v) is 5.60. The fourth-order valence-corrected chi connectivity index (χ4v) is 4.10. The first-order chi connectivity index (χ1) is 10.1. The standard InChI is InChI=1S/C13H18F3N3O2S/c1-10-2-3-11(17)8-12(10)22(20,21)19-6-4-18(5-7-19)9-13(14,15)16/h2-3,8H,4-7,9,17H2,1H3. The number of nitrogens with zero attached hydrogens (tertiary/aromatic N) is 2. The Morgan fingerprint density at radius 1 is 1.18 bits per heavy atom. The van der Waals surface area contributed by atoms with Crippen molar-refractivity contribution < 1.29 is 21.6 Å². The molecule has 0 spiro atoms. The van der Waals surface area contributed by atoms with Gasteiger partial charge in [0.1, 0.15) is 0 Å². The Morgan fingerprint density at radius 2 is 1.77 bits per heavy atom. The van der Waals surface area contributed by atoms with E-state index in [1.807, 2.05) is 0 Å². The number of nitrogens with two attached hydrogens (primary N) is 1. The summed E-state index contributed by atoms with van der Waals surface area (Å²) in [6.07, 6.45) is -4.27. The van der Waals surface area contributed by atoms with Crippen molar-refractivity contribution in [2.24, 2.45) is 0 Å². The Balaban J connectivity index is 2.11. The molecule has 1 aromatic rings. The first-order valence-corrected chi connectivity index (χ1v) is 8.19. The fraction of sp³-hybridized carbons (Fsp3) is 0.538. The van der Waals surface area contributed by atoms with E-state index in [-0.39, 0.29) is 31.1 Å². The van der Waals surface area contributed by atoms with Gasteiger partial charge in [0.05, 0.1) is 11.4 Å². The van der Waals surface area contributed by atoms with Gasteiger partial charge in [-0.3, -0.25) is 4.90 Å². The van der Waals surface area contributed by atoms with E-state index in [1.54, 1.807) is 19.1 Å². The second kappa shape index (κ2) is 6.05. The van der Waals surface area contributed by atoms with Crippen LogP contribution in [0.3, 0.4) is 0 Å². The van der Waals surface area contributed by atoms with Gasteiger partial charge in [-0.05, 0) is 24.6 Å². The number of anilines is 1. The molecule has 1 aliphatic rings. The predicted molar refractivity (Wildman–Crippen MR) is 76.8 cm³/mol. The van der Waals surface area contributed by atoms with E-state index in [9.17, 15) is 21.6 Å². The molecule has 1 aliphatic heterocycles. The molecule has 0 amide bonds. The molecular formula is C13H18F3N3O2S. The van der Waals surface area contributed by atoms with Crippen molar-refractivity contribution in [1.82, 2.24) is 9.21 Å². The van der Waals surface area contributed by atoms with Crippen LogP contribution in [0.1, 0.15) is 5.56 Å². The van der Waals surface area contributed by atoms with E-state index in [0.717, 1.165) is 0 Å². The number of benzene rings is 1. The quantitative estimate of drug-likeness (QED) is 0.848. The van der Waals surface area contributed by atoms with Crippen LogP contribution in [0.4, 0.5) is 18.9 Å². The SMILES string of the molecule is Cc1ccc(N)cc1S(=O)(=O)N1CCN(CC(F)(F)F)CC1. The van der Waals surface area contributed by atoms with Crippen molar-refractivity contribution in [3.63, 3.8) is 0 Å². The lowest BCUT2D eigenvalue weighted by molar-refractivity contribution is -0.148. The van der Waals surface area contributed by atoms with Crippen molar-refractivity contribution in [3.05, 3.63) is 23.8 Å². The highest BCUT2D eigenvalue weighted by Gasteiger charge is 2.35. The second-order valence-electron chi connectivity index (χ2n) is 5.32. The molecule has 1 aromatic carbocycles. The second-order valence-corrected chi connectivity index (χ2v) is 7.23. The normalized spacial score (nSPS) is 18.5. The number of sulfonamides is 1. The third-order valence-electron chi connectivity index (χ3n) is 3.56. The number of rotatable bonds is 3. The minimum atomic E-state index is -4.27. The molecule has 5 nitrogen and oxygen atoms in total. The van der Waals surface area contributed by atoms with Crippen LogP contribution in [0.15, 0.2) is 23.1 Å². The molecule has 0 aromatic heterocycles. The number of hydrogen-bond donors (Lipinski definition) is 1. The van der Waals surface area contributed by atoms with Crippen LogP contribution >= 0.6 is 0 Å². The van der Waals surface area contributed by atoms with E-state index in [4.69, 9.17) is 5.73 Å². The number of halogens is 3. The summed E-state index contributed by atoms with van der Waals surface area (Å²) in [4.78, 5) is 1.31. The van der Waals surface area contributed by atoms with Crippen LogP contribution in [0.5, 0.6) is 0 Å². The molecule has 0 saturated carbocycles. The Bertz CT molecular complexity index is 638. The van der Waals surface area contributed by atoms with E-state index < -0.39 is 22.7 Å². The van der Waals surface area contributed by atoms with Crippen molar-refractivity contribution in [2.75, 3.05) is 38.5 Å². The van der Waals surface area contributed by atoms with Crippen molar-refractivity contribution in [3.8, 4) is 0 Å². The fourth-order valence-electron chi connectivity index (χ4n) is 2.42. The zero-order valence-corrected chi connectivity index (χ0v) is 12.9. The topological polar surface area (TPSA) is 66.6 Å². The minimum absolute atomic E-state index is 0.0344. The molecule has 1 heterocycles. The first-order valence-electron chi connectivity index (χ1n) is 6.75. The van der Waals surface area contributed by atoms with Crippen molar-refractivity contribution >= 4 is 15.7 Å². The molecule has 2 rings (SSSR count). The zero-order chi connectivity index (χ0) is 16.5. The van der Waals surface area contributed by atoms with Gasteiger partial charge in [0, 0.05) is 31.9 Å². The molecule has 1 saturated heterocycles. The maximum atomic E-state index is 12.6. The van der Waals surface area contributed by atoms with Crippen LogP contribution in [0, 0.1) is 6.92 Å². The monoisotopic (exact) mass is 337 g/mol. The van der Waals surface area contributed by atoms with Crippen LogP contribution in [0.2, 0.25) is 0 Å². The Morgan fingerprint density at radius 3 is 2.32 bits per heavy atom. The summed E-state index contributed by atoms with van der Waals surface area (Å²) in [7, 11) is -3.74. The van der Waals surface area contributed by atoms with Crippen molar-refractivity contribution in [2.45, 2.75) is 18.0 Å². The lowest BCUT2D eigenvalue weighted by Crippen LogP contribution is -2.50. The van der Waals surface area contributed by atoms with Crippen LogP contribution in [-0.2, 0) is 10.0 Å². The highest BCUT2D eigenvalue weighted by atomic mass is 32.2.